The van der Waals surface area contributed by atoms with E-state index in [1.165, 1.54) is 6.07 Å². The van der Waals surface area contributed by atoms with Gasteiger partial charge in [-0.2, -0.15) is 0 Å². The van der Waals surface area contributed by atoms with Gasteiger partial charge in [-0.25, -0.2) is 18.1 Å². The van der Waals surface area contributed by atoms with E-state index in [2.05, 4.69) is 9.62 Å². The van der Waals surface area contributed by atoms with Gasteiger partial charge in [0.2, 0.25) is 10.0 Å². The van der Waals surface area contributed by atoms with Crippen molar-refractivity contribution in [2.24, 2.45) is 17.8 Å². The van der Waals surface area contributed by atoms with E-state index < -0.39 is 26.8 Å². The van der Waals surface area contributed by atoms with Gasteiger partial charge in [-0.1, -0.05) is 36.7 Å². The van der Waals surface area contributed by atoms with Crippen molar-refractivity contribution in [1.82, 2.24) is 9.71 Å². The standard InChI is InChI=1S/C31H40ClN3O5S/c1-20-7-6-15-31(3,37)26-12-10-23(26)18-35-16-5-4-8-22-17-25(32)11-9-24(22)19-40-28-14-13-27(33-29(28)35)30(36)34-41(38,39)21(20)2/h6,9,11,13-15,17,20-21,23,26,37H,4-5,7-8,10,12,16,18-19H2,1-3H3,(H,34,36)/b15-6+/t20-,21+,23-,26+,31+/m0/s1. The number of nitrogens with one attached hydrogen (secondary N) is 1. The van der Waals surface area contributed by atoms with Crippen LogP contribution < -0.4 is 14.4 Å². The molecule has 0 saturated heterocycles. The highest BCUT2D eigenvalue weighted by Gasteiger charge is 2.43. The quantitative estimate of drug-likeness (QED) is 0.396. The number of hydrogen-bond acceptors (Lipinski definition) is 7. The van der Waals surface area contributed by atoms with Gasteiger partial charge in [0.15, 0.2) is 11.6 Å². The molecule has 1 fully saturated rings. The fourth-order valence-corrected chi connectivity index (χ4v) is 7.65. The molecule has 3 aliphatic rings. The number of aliphatic hydroxyl groups is 1. The molecule has 41 heavy (non-hydrogen) atoms. The first-order valence-electron chi connectivity index (χ1n) is 14.6. The van der Waals surface area contributed by atoms with Crippen LogP contribution in [-0.4, -0.2) is 48.4 Å². The lowest BCUT2D eigenvalue weighted by Gasteiger charge is -2.46. The molecule has 5 atom stereocenters. The maximum atomic E-state index is 13.2. The first-order chi connectivity index (χ1) is 19.4. The maximum Gasteiger partial charge on any atom is 0.283 e. The number of ether oxygens (including phenoxy) is 1. The first-order valence-corrected chi connectivity index (χ1v) is 16.5. The fraction of sp³-hybridized carbons (Fsp3) is 0.548. The third-order valence-corrected chi connectivity index (χ3v) is 11.3. The summed E-state index contributed by atoms with van der Waals surface area (Å²) >= 11 is 6.29. The highest BCUT2D eigenvalue weighted by atomic mass is 35.5. The van der Waals surface area contributed by atoms with Gasteiger partial charge >= 0.3 is 0 Å². The lowest BCUT2D eigenvalue weighted by atomic mass is 9.65. The molecule has 10 heteroatoms. The van der Waals surface area contributed by atoms with Crippen molar-refractivity contribution in [3.8, 4) is 5.75 Å². The molecule has 1 aliphatic carbocycles. The molecule has 1 aromatic carbocycles. The number of benzene rings is 1. The van der Waals surface area contributed by atoms with Crippen LogP contribution in [0.25, 0.3) is 0 Å². The molecule has 1 aromatic heterocycles. The molecule has 1 amide bonds. The van der Waals surface area contributed by atoms with Gasteiger partial charge in [0.1, 0.15) is 12.3 Å². The van der Waals surface area contributed by atoms with Crippen LogP contribution in [0.4, 0.5) is 5.82 Å². The summed E-state index contributed by atoms with van der Waals surface area (Å²) in [6, 6.07) is 9.05. The van der Waals surface area contributed by atoms with Crippen LogP contribution in [0.1, 0.15) is 74.5 Å². The molecule has 0 radical (unpaired) electrons. The Balaban J connectivity index is 1.56. The van der Waals surface area contributed by atoms with Gasteiger partial charge in [0, 0.05) is 18.1 Å². The molecular weight excluding hydrogens is 562 g/mol. The largest absolute Gasteiger partial charge is 0.485 e. The van der Waals surface area contributed by atoms with Crippen molar-refractivity contribution >= 4 is 33.3 Å². The van der Waals surface area contributed by atoms with Crippen LogP contribution in [0.5, 0.6) is 5.75 Å². The Hall–Kier alpha value is -2.62. The summed E-state index contributed by atoms with van der Waals surface area (Å²) in [5.74, 6) is 0.309. The minimum absolute atomic E-state index is 0.0203. The number of carbonyl (C=O) groups excluding carboxylic acids is 1. The van der Waals surface area contributed by atoms with Crippen LogP contribution in [0, 0.1) is 17.8 Å². The van der Waals surface area contributed by atoms with Crippen LogP contribution in [0.15, 0.2) is 42.5 Å². The predicted molar refractivity (Wildman–Crippen MR) is 161 cm³/mol. The number of carbonyl (C=O) groups is 1. The third-order valence-electron chi connectivity index (χ3n) is 9.16. The average molecular weight is 602 g/mol. The van der Waals surface area contributed by atoms with Gasteiger partial charge in [-0.15, -0.1) is 0 Å². The molecule has 3 heterocycles. The number of halogens is 1. The van der Waals surface area contributed by atoms with Crippen molar-refractivity contribution in [3.05, 3.63) is 64.3 Å². The molecule has 222 valence electrons. The first kappa shape index (κ1) is 29.9. The molecule has 8 nitrogen and oxygen atoms in total. The summed E-state index contributed by atoms with van der Waals surface area (Å²) < 4.78 is 34.8. The van der Waals surface area contributed by atoms with Gasteiger partial charge in [0.25, 0.3) is 5.91 Å². The second-order valence-corrected chi connectivity index (χ2v) is 14.6. The van der Waals surface area contributed by atoms with Crippen molar-refractivity contribution in [1.29, 1.82) is 0 Å². The van der Waals surface area contributed by atoms with Crippen molar-refractivity contribution in [2.45, 2.75) is 76.8 Å². The van der Waals surface area contributed by atoms with Gasteiger partial charge in [-0.3, -0.25) is 4.79 Å². The second-order valence-electron chi connectivity index (χ2n) is 12.1. The predicted octanol–water partition coefficient (Wildman–Crippen LogP) is 5.28. The number of nitrogens with zero attached hydrogens (tertiary/aromatic N) is 2. The molecule has 2 N–H and O–H groups in total. The van der Waals surface area contributed by atoms with Gasteiger partial charge < -0.3 is 14.7 Å². The number of fused-ring (bicyclic) bond motifs is 3. The number of pyridine rings is 1. The fourth-order valence-electron chi connectivity index (χ4n) is 6.18. The third kappa shape index (κ3) is 6.57. The number of amides is 1. The van der Waals surface area contributed by atoms with E-state index >= 15 is 0 Å². The smallest absolute Gasteiger partial charge is 0.283 e. The molecule has 2 aromatic rings. The SMILES string of the molecule is C[C@@H]1[C@@H](C)C/C=C/[C@@](C)(O)[C@@H]2CC[C@H]2CN2CCCCc3cc(Cl)ccc3COc3ccc(nc32)C(=O)NS1(=O)=O. The molecule has 0 spiro atoms. The van der Waals surface area contributed by atoms with E-state index in [4.69, 9.17) is 21.3 Å². The summed E-state index contributed by atoms with van der Waals surface area (Å²) in [6.07, 6.45) is 8.74. The van der Waals surface area contributed by atoms with Gasteiger partial charge in [-0.05, 0) is 106 Å². The second kappa shape index (κ2) is 11.9. The zero-order valence-electron chi connectivity index (χ0n) is 24.0. The summed E-state index contributed by atoms with van der Waals surface area (Å²) in [7, 11) is -3.96. The number of aryl methyl sites for hydroxylation is 1. The summed E-state index contributed by atoms with van der Waals surface area (Å²) in [4.78, 5) is 20.1. The topological polar surface area (TPSA) is 109 Å². The highest BCUT2D eigenvalue weighted by Crippen LogP contribution is 2.44. The van der Waals surface area contributed by atoms with Crippen LogP contribution in [0.3, 0.4) is 0 Å². The number of aromatic nitrogens is 1. The number of sulfonamides is 1. The number of rotatable bonds is 0. The Morgan fingerprint density at radius 1 is 1.15 bits per heavy atom. The Morgan fingerprint density at radius 3 is 2.71 bits per heavy atom. The molecular formula is C31H40ClN3O5S. The Bertz CT molecular complexity index is 1430. The van der Waals surface area contributed by atoms with Crippen molar-refractivity contribution in [3.63, 3.8) is 0 Å². The van der Waals surface area contributed by atoms with E-state index in [0.717, 1.165) is 43.2 Å². The minimum atomic E-state index is -3.96. The van der Waals surface area contributed by atoms with Crippen LogP contribution in [-0.2, 0) is 23.1 Å². The van der Waals surface area contributed by atoms with E-state index in [9.17, 15) is 18.3 Å². The van der Waals surface area contributed by atoms with Crippen LogP contribution >= 0.6 is 11.6 Å². The molecule has 2 aliphatic heterocycles. The number of allylic oxidation sites excluding steroid dienone is 1. The van der Waals surface area contributed by atoms with Crippen molar-refractivity contribution in [2.75, 3.05) is 18.0 Å². The lowest BCUT2D eigenvalue weighted by Crippen LogP contribution is -2.48. The van der Waals surface area contributed by atoms with E-state index in [-0.39, 0.29) is 23.4 Å². The van der Waals surface area contributed by atoms with Crippen LogP contribution in [0.2, 0.25) is 5.02 Å². The van der Waals surface area contributed by atoms with E-state index in [0.29, 0.717) is 42.7 Å². The van der Waals surface area contributed by atoms with E-state index in [1.54, 1.807) is 13.0 Å². The molecule has 2 bridgehead atoms. The lowest BCUT2D eigenvalue weighted by molar-refractivity contribution is -0.0313. The highest BCUT2D eigenvalue weighted by molar-refractivity contribution is 7.90. The maximum absolute atomic E-state index is 13.2. The minimum Gasteiger partial charge on any atom is -0.485 e. The summed E-state index contributed by atoms with van der Waals surface area (Å²) in [5.41, 5.74) is 1.20. The van der Waals surface area contributed by atoms with E-state index in [1.807, 2.05) is 44.2 Å². The summed E-state index contributed by atoms with van der Waals surface area (Å²) in [5, 5.41) is 11.3. The normalized spacial score (nSPS) is 31.2. The van der Waals surface area contributed by atoms with Crippen molar-refractivity contribution < 1.29 is 23.1 Å². The molecule has 1 saturated carbocycles. The summed E-state index contributed by atoms with van der Waals surface area (Å²) in [6.45, 7) is 6.92. The molecule has 5 rings (SSSR count). The monoisotopic (exact) mass is 601 g/mol. The van der Waals surface area contributed by atoms with Gasteiger partial charge in [0.05, 0.1) is 10.9 Å². The zero-order chi connectivity index (χ0) is 29.4. The number of hydrogen-bond donors (Lipinski definition) is 2. The molecule has 0 unspecified atom stereocenters. The number of anilines is 1. The Labute approximate surface area is 248 Å². The average Bonchev–Trinajstić information content (AvgIpc) is 2.92. The Morgan fingerprint density at radius 2 is 1.95 bits per heavy atom. The zero-order valence-corrected chi connectivity index (χ0v) is 25.5. The Kier molecular flexibility index (Phi) is 8.69.